The largest absolute Gasteiger partial charge is 0.496 e. The van der Waals surface area contributed by atoms with Crippen LogP contribution in [0.3, 0.4) is 0 Å². The number of hydrogen-bond acceptors (Lipinski definition) is 4. The molecule has 0 spiro atoms. The molecule has 0 aliphatic carbocycles. The molecule has 1 aliphatic heterocycles. The van der Waals surface area contributed by atoms with Crippen LogP contribution in [0.25, 0.3) is 0 Å². The molecule has 1 aliphatic rings. The Labute approximate surface area is 129 Å². The van der Waals surface area contributed by atoms with Crippen molar-refractivity contribution in [2.45, 2.75) is 19.4 Å². The SMILES string of the molecule is COc1ccc(CCCN2CCNCC2)cc1CN(C)C. The second-order valence-electron chi connectivity index (χ2n) is 6.08. The van der Waals surface area contributed by atoms with E-state index in [0.717, 1.165) is 31.8 Å². The highest BCUT2D eigenvalue weighted by Crippen LogP contribution is 2.21. The van der Waals surface area contributed by atoms with Crippen molar-refractivity contribution >= 4 is 0 Å². The van der Waals surface area contributed by atoms with Gasteiger partial charge in [-0.25, -0.2) is 0 Å². The Morgan fingerprint density at radius 3 is 2.67 bits per heavy atom. The molecule has 0 aromatic heterocycles. The summed E-state index contributed by atoms with van der Waals surface area (Å²) < 4.78 is 5.46. The number of ether oxygens (including phenoxy) is 1. The fourth-order valence-corrected chi connectivity index (χ4v) is 2.89. The number of aryl methyl sites for hydroxylation is 1. The van der Waals surface area contributed by atoms with Crippen LogP contribution in [0, 0.1) is 0 Å². The zero-order valence-corrected chi connectivity index (χ0v) is 13.7. The number of nitrogens with zero attached hydrogens (tertiary/aromatic N) is 2. The number of piperazine rings is 1. The highest BCUT2D eigenvalue weighted by Gasteiger charge is 2.09. The van der Waals surface area contributed by atoms with Gasteiger partial charge in [0.1, 0.15) is 5.75 Å². The molecule has 0 radical (unpaired) electrons. The van der Waals surface area contributed by atoms with E-state index in [2.05, 4.69) is 47.4 Å². The standard InChI is InChI=1S/C17H29N3O/c1-19(2)14-16-13-15(6-7-17(16)21-3)5-4-10-20-11-8-18-9-12-20/h6-7,13,18H,4-5,8-12,14H2,1-3H3. The molecule has 1 saturated heterocycles. The maximum Gasteiger partial charge on any atom is 0.123 e. The average molecular weight is 291 g/mol. The molecule has 2 rings (SSSR count). The lowest BCUT2D eigenvalue weighted by Crippen LogP contribution is -2.43. The zero-order valence-electron chi connectivity index (χ0n) is 13.7. The third kappa shape index (κ3) is 5.30. The molecule has 1 N–H and O–H groups in total. The average Bonchev–Trinajstić information content (AvgIpc) is 2.48. The van der Waals surface area contributed by atoms with E-state index in [1.54, 1.807) is 7.11 Å². The van der Waals surface area contributed by atoms with Gasteiger partial charge in [0.2, 0.25) is 0 Å². The Hall–Kier alpha value is -1.10. The number of rotatable bonds is 7. The normalized spacial score (nSPS) is 16.4. The van der Waals surface area contributed by atoms with Crippen molar-refractivity contribution in [2.24, 2.45) is 0 Å². The first-order valence-electron chi connectivity index (χ1n) is 7.92. The van der Waals surface area contributed by atoms with Gasteiger partial charge in [0.25, 0.3) is 0 Å². The third-order valence-electron chi connectivity index (χ3n) is 3.98. The lowest BCUT2D eigenvalue weighted by molar-refractivity contribution is 0.238. The molecule has 0 amide bonds. The van der Waals surface area contributed by atoms with E-state index in [1.807, 2.05) is 0 Å². The van der Waals surface area contributed by atoms with Crippen molar-refractivity contribution in [1.29, 1.82) is 0 Å². The van der Waals surface area contributed by atoms with Crippen LogP contribution in [-0.2, 0) is 13.0 Å². The molecule has 118 valence electrons. The number of benzene rings is 1. The van der Waals surface area contributed by atoms with Crippen molar-refractivity contribution in [1.82, 2.24) is 15.1 Å². The molecule has 0 unspecified atom stereocenters. The Morgan fingerprint density at radius 1 is 1.24 bits per heavy atom. The summed E-state index contributed by atoms with van der Waals surface area (Å²) in [6.07, 6.45) is 2.38. The van der Waals surface area contributed by atoms with Crippen LogP contribution in [0.5, 0.6) is 5.75 Å². The van der Waals surface area contributed by atoms with Gasteiger partial charge in [0, 0.05) is 38.3 Å². The molecule has 0 atom stereocenters. The fourth-order valence-electron chi connectivity index (χ4n) is 2.89. The molecule has 4 heteroatoms. The van der Waals surface area contributed by atoms with Gasteiger partial charge in [0.05, 0.1) is 7.11 Å². The maximum absolute atomic E-state index is 5.46. The molecule has 1 heterocycles. The van der Waals surface area contributed by atoms with Gasteiger partial charge in [0.15, 0.2) is 0 Å². The van der Waals surface area contributed by atoms with E-state index >= 15 is 0 Å². The molecule has 21 heavy (non-hydrogen) atoms. The fraction of sp³-hybridized carbons (Fsp3) is 0.647. The Balaban J connectivity index is 1.87. The van der Waals surface area contributed by atoms with E-state index in [0.29, 0.717) is 0 Å². The Bertz CT molecular complexity index is 428. The van der Waals surface area contributed by atoms with E-state index in [-0.39, 0.29) is 0 Å². The second kappa shape index (κ2) is 8.37. The van der Waals surface area contributed by atoms with Crippen LogP contribution in [0.2, 0.25) is 0 Å². The second-order valence-corrected chi connectivity index (χ2v) is 6.08. The van der Waals surface area contributed by atoms with Crippen LogP contribution in [0.1, 0.15) is 17.5 Å². The summed E-state index contributed by atoms with van der Waals surface area (Å²) in [5.74, 6) is 0.995. The van der Waals surface area contributed by atoms with Gasteiger partial charge >= 0.3 is 0 Å². The molecule has 4 nitrogen and oxygen atoms in total. The predicted octanol–water partition coefficient (Wildman–Crippen LogP) is 1.59. The topological polar surface area (TPSA) is 27.7 Å². The van der Waals surface area contributed by atoms with Crippen LogP contribution in [0.4, 0.5) is 0 Å². The summed E-state index contributed by atoms with van der Waals surface area (Å²) in [4.78, 5) is 4.74. The zero-order chi connectivity index (χ0) is 15.1. The van der Waals surface area contributed by atoms with Gasteiger partial charge in [-0.15, -0.1) is 0 Å². The molecule has 0 bridgehead atoms. The predicted molar refractivity (Wildman–Crippen MR) is 88.0 cm³/mol. The van der Waals surface area contributed by atoms with Crippen LogP contribution in [0.15, 0.2) is 18.2 Å². The Kier molecular flexibility index (Phi) is 6.49. The summed E-state index contributed by atoms with van der Waals surface area (Å²) in [5.41, 5.74) is 2.70. The monoisotopic (exact) mass is 291 g/mol. The van der Waals surface area contributed by atoms with Gasteiger partial charge in [-0.3, -0.25) is 0 Å². The van der Waals surface area contributed by atoms with Gasteiger partial charge in [-0.2, -0.15) is 0 Å². The first kappa shape index (κ1) is 16.3. The third-order valence-corrected chi connectivity index (χ3v) is 3.98. The van der Waals surface area contributed by atoms with Gasteiger partial charge < -0.3 is 19.9 Å². The Morgan fingerprint density at radius 2 is 2.00 bits per heavy atom. The molecule has 1 aromatic carbocycles. The first-order chi connectivity index (χ1) is 10.2. The van der Waals surface area contributed by atoms with Crippen LogP contribution >= 0.6 is 0 Å². The van der Waals surface area contributed by atoms with Crippen LogP contribution < -0.4 is 10.1 Å². The minimum atomic E-state index is 0.925. The number of nitrogens with one attached hydrogen (secondary N) is 1. The summed E-state index contributed by atoms with van der Waals surface area (Å²) in [6.45, 7) is 6.78. The lowest BCUT2D eigenvalue weighted by atomic mass is 10.0. The van der Waals surface area contributed by atoms with Crippen molar-refractivity contribution in [2.75, 3.05) is 53.9 Å². The molecular formula is C17H29N3O. The molecule has 1 fully saturated rings. The summed E-state index contributed by atoms with van der Waals surface area (Å²) in [6, 6.07) is 6.62. The van der Waals surface area contributed by atoms with Crippen molar-refractivity contribution < 1.29 is 4.74 Å². The van der Waals surface area contributed by atoms with E-state index in [4.69, 9.17) is 4.74 Å². The molecule has 1 aromatic rings. The molecule has 0 saturated carbocycles. The minimum Gasteiger partial charge on any atom is -0.496 e. The van der Waals surface area contributed by atoms with E-state index in [9.17, 15) is 0 Å². The van der Waals surface area contributed by atoms with Crippen LogP contribution in [-0.4, -0.2) is 63.7 Å². The smallest absolute Gasteiger partial charge is 0.123 e. The summed E-state index contributed by atoms with van der Waals surface area (Å²) >= 11 is 0. The highest BCUT2D eigenvalue weighted by atomic mass is 16.5. The van der Waals surface area contributed by atoms with Gasteiger partial charge in [-0.05, 0) is 45.1 Å². The van der Waals surface area contributed by atoms with Crippen molar-refractivity contribution in [3.63, 3.8) is 0 Å². The van der Waals surface area contributed by atoms with Crippen molar-refractivity contribution in [3.05, 3.63) is 29.3 Å². The van der Waals surface area contributed by atoms with Gasteiger partial charge in [-0.1, -0.05) is 12.1 Å². The molecular weight excluding hydrogens is 262 g/mol. The number of methoxy groups -OCH3 is 1. The quantitative estimate of drug-likeness (QED) is 0.826. The van der Waals surface area contributed by atoms with Crippen molar-refractivity contribution in [3.8, 4) is 5.75 Å². The summed E-state index contributed by atoms with van der Waals surface area (Å²) in [7, 11) is 5.94. The maximum atomic E-state index is 5.46. The van der Waals surface area contributed by atoms with E-state index < -0.39 is 0 Å². The lowest BCUT2D eigenvalue weighted by Gasteiger charge is -2.27. The number of hydrogen-bond donors (Lipinski definition) is 1. The summed E-state index contributed by atoms with van der Waals surface area (Å²) in [5, 5.41) is 3.40. The van der Waals surface area contributed by atoms with E-state index in [1.165, 1.54) is 37.2 Å². The minimum absolute atomic E-state index is 0.925. The highest BCUT2D eigenvalue weighted by molar-refractivity contribution is 5.37. The first-order valence-corrected chi connectivity index (χ1v) is 7.92.